The monoisotopic (exact) mass is 259 g/mol. The maximum Gasteiger partial charge on any atom is 0.0984 e. The number of rotatable bonds is 7. The molecule has 0 saturated carbocycles. The highest BCUT2D eigenvalue weighted by molar-refractivity contribution is 6.31. The highest BCUT2D eigenvalue weighted by Crippen LogP contribution is 2.25. The van der Waals surface area contributed by atoms with E-state index >= 15 is 0 Å². The van der Waals surface area contributed by atoms with E-state index in [1.807, 2.05) is 6.92 Å². The summed E-state index contributed by atoms with van der Waals surface area (Å²) in [6.45, 7) is 9.85. The van der Waals surface area contributed by atoms with Gasteiger partial charge in [0, 0.05) is 13.1 Å². The number of hydrogen-bond acceptors (Lipinski definition) is 3. The Morgan fingerprint density at radius 3 is 2.59 bits per heavy atom. The molecule has 1 N–H and O–H groups in total. The van der Waals surface area contributed by atoms with Gasteiger partial charge in [-0.05, 0) is 26.4 Å². The second-order valence-electron chi connectivity index (χ2n) is 4.02. The third-order valence-electron chi connectivity index (χ3n) is 3.06. The van der Waals surface area contributed by atoms with Crippen LogP contribution in [0.2, 0.25) is 5.02 Å². The molecule has 0 aromatic carbocycles. The summed E-state index contributed by atoms with van der Waals surface area (Å²) in [5, 5.41) is 14.9. The van der Waals surface area contributed by atoms with Crippen molar-refractivity contribution in [2.75, 3.05) is 19.6 Å². The normalized spacial score (nSPS) is 13.3. The Balaban J connectivity index is 2.62. The minimum absolute atomic E-state index is 0.537. The second kappa shape index (κ2) is 6.99. The van der Waals surface area contributed by atoms with Gasteiger partial charge in [0.1, 0.15) is 0 Å². The number of aryl methyl sites for hydroxylation is 1. The predicted molar refractivity (Wildman–Crippen MR) is 70.3 cm³/mol. The average Bonchev–Trinajstić information content (AvgIpc) is 2.71. The van der Waals surface area contributed by atoms with Gasteiger partial charge in [-0.1, -0.05) is 25.4 Å². The van der Waals surface area contributed by atoms with E-state index in [0.717, 1.165) is 31.9 Å². The van der Waals surface area contributed by atoms with Gasteiger partial charge in [-0.2, -0.15) is 5.10 Å². The summed E-state index contributed by atoms with van der Waals surface area (Å²) in [6, 6.07) is 0. The van der Waals surface area contributed by atoms with Crippen LogP contribution in [0.5, 0.6) is 0 Å². The van der Waals surface area contributed by atoms with Gasteiger partial charge < -0.3 is 10.0 Å². The fourth-order valence-electron chi connectivity index (χ4n) is 1.94. The molecule has 5 heteroatoms. The first-order chi connectivity index (χ1) is 8.13. The van der Waals surface area contributed by atoms with Crippen LogP contribution in [0.3, 0.4) is 0 Å². The van der Waals surface area contributed by atoms with Crippen molar-refractivity contribution < 1.29 is 5.11 Å². The van der Waals surface area contributed by atoms with E-state index in [1.54, 1.807) is 10.9 Å². The third kappa shape index (κ3) is 3.69. The van der Waals surface area contributed by atoms with Gasteiger partial charge in [-0.25, -0.2) is 0 Å². The van der Waals surface area contributed by atoms with E-state index in [9.17, 15) is 5.11 Å². The number of aliphatic hydroxyl groups is 1. The lowest BCUT2D eigenvalue weighted by atomic mass is 10.1. The van der Waals surface area contributed by atoms with Gasteiger partial charge in [0.25, 0.3) is 0 Å². The van der Waals surface area contributed by atoms with Crippen LogP contribution in [0, 0.1) is 0 Å². The molecule has 0 bridgehead atoms. The summed E-state index contributed by atoms with van der Waals surface area (Å²) < 4.78 is 1.76. The van der Waals surface area contributed by atoms with Crippen molar-refractivity contribution in [3.8, 4) is 0 Å². The predicted octanol–water partition coefficient (Wildman–Crippen LogP) is 2.32. The Morgan fingerprint density at radius 2 is 2.06 bits per heavy atom. The Hall–Kier alpha value is -0.580. The van der Waals surface area contributed by atoms with Crippen LogP contribution in [0.1, 0.15) is 39.0 Å². The molecule has 1 atom stereocenters. The van der Waals surface area contributed by atoms with Gasteiger partial charge in [0.15, 0.2) is 0 Å². The maximum absolute atomic E-state index is 10.2. The first kappa shape index (κ1) is 14.5. The molecule has 0 amide bonds. The number of halogens is 1. The van der Waals surface area contributed by atoms with Crippen molar-refractivity contribution in [3.63, 3.8) is 0 Å². The zero-order chi connectivity index (χ0) is 12.8. The van der Waals surface area contributed by atoms with E-state index in [0.29, 0.717) is 11.4 Å². The van der Waals surface area contributed by atoms with Crippen molar-refractivity contribution in [1.29, 1.82) is 0 Å². The molecule has 1 aromatic rings. The van der Waals surface area contributed by atoms with Crippen molar-refractivity contribution in [2.24, 2.45) is 0 Å². The smallest absolute Gasteiger partial charge is 0.0984 e. The summed E-state index contributed by atoms with van der Waals surface area (Å²) in [5.74, 6) is 0. The molecule has 0 spiro atoms. The molecule has 1 aromatic heterocycles. The number of aromatic nitrogens is 2. The Morgan fingerprint density at radius 1 is 1.41 bits per heavy atom. The largest absolute Gasteiger partial charge is 0.387 e. The molecule has 4 nitrogen and oxygen atoms in total. The average molecular weight is 260 g/mol. The molecule has 0 aliphatic heterocycles. The molecule has 17 heavy (non-hydrogen) atoms. The summed E-state index contributed by atoms with van der Waals surface area (Å²) in [4.78, 5) is 2.28. The first-order valence-corrected chi connectivity index (χ1v) is 6.63. The summed E-state index contributed by atoms with van der Waals surface area (Å²) in [7, 11) is 0. The minimum atomic E-state index is -0.537. The van der Waals surface area contributed by atoms with Crippen LogP contribution in [0.4, 0.5) is 0 Å². The third-order valence-corrected chi connectivity index (χ3v) is 3.35. The van der Waals surface area contributed by atoms with Crippen LogP contribution in [0.15, 0.2) is 6.20 Å². The van der Waals surface area contributed by atoms with Crippen LogP contribution in [-0.4, -0.2) is 39.4 Å². The van der Waals surface area contributed by atoms with E-state index in [-0.39, 0.29) is 0 Å². The van der Waals surface area contributed by atoms with E-state index < -0.39 is 6.10 Å². The van der Waals surface area contributed by atoms with Gasteiger partial charge >= 0.3 is 0 Å². The zero-order valence-corrected chi connectivity index (χ0v) is 11.6. The summed E-state index contributed by atoms with van der Waals surface area (Å²) >= 11 is 6.04. The number of nitrogens with zero attached hydrogens (tertiary/aromatic N) is 3. The van der Waals surface area contributed by atoms with Gasteiger partial charge in [0.2, 0.25) is 0 Å². The lowest BCUT2D eigenvalue weighted by Crippen LogP contribution is -2.25. The van der Waals surface area contributed by atoms with Crippen molar-refractivity contribution in [3.05, 3.63) is 16.9 Å². The van der Waals surface area contributed by atoms with Crippen molar-refractivity contribution in [1.82, 2.24) is 14.7 Å². The van der Waals surface area contributed by atoms with E-state index in [2.05, 4.69) is 23.8 Å². The molecular formula is C12H22ClN3O. The van der Waals surface area contributed by atoms with Gasteiger partial charge in [0.05, 0.1) is 23.0 Å². The highest BCUT2D eigenvalue weighted by Gasteiger charge is 2.17. The highest BCUT2D eigenvalue weighted by atomic mass is 35.5. The number of aliphatic hydroxyl groups excluding tert-OH is 1. The molecule has 0 saturated heterocycles. The second-order valence-corrected chi connectivity index (χ2v) is 4.43. The molecule has 1 rings (SSSR count). The van der Waals surface area contributed by atoms with Crippen LogP contribution < -0.4 is 0 Å². The van der Waals surface area contributed by atoms with Crippen LogP contribution >= 0.6 is 11.6 Å². The Bertz CT molecular complexity index is 336. The fourth-order valence-corrected chi connectivity index (χ4v) is 2.20. The Labute approximate surface area is 108 Å². The Kier molecular flexibility index (Phi) is 5.95. The standard InChI is InChI=1S/C12H22ClN3O/c1-4-15(5-2)8-7-11(17)12-10(13)9-14-16(12)6-3/h9,11,17H,4-8H2,1-3H3. The molecule has 1 unspecified atom stereocenters. The lowest BCUT2D eigenvalue weighted by Gasteiger charge is -2.20. The van der Waals surface area contributed by atoms with E-state index in [4.69, 9.17) is 11.6 Å². The molecule has 0 aliphatic carbocycles. The molecule has 0 aliphatic rings. The molecular weight excluding hydrogens is 238 g/mol. The summed E-state index contributed by atoms with van der Waals surface area (Å²) in [5.41, 5.74) is 0.737. The lowest BCUT2D eigenvalue weighted by molar-refractivity contribution is 0.136. The van der Waals surface area contributed by atoms with E-state index in [1.165, 1.54) is 0 Å². The maximum atomic E-state index is 10.2. The SMILES string of the molecule is CCN(CC)CCC(O)c1c(Cl)cnn1CC. The fraction of sp³-hybridized carbons (Fsp3) is 0.750. The number of hydrogen-bond donors (Lipinski definition) is 1. The van der Waals surface area contributed by atoms with Crippen LogP contribution in [-0.2, 0) is 6.54 Å². The topological polar surface area (TPSA) is 41.3 Å². The zero-order valence-electron chi connectivity index (χ0n) is 10.9. The van der Waals surface area contributed by atoms with Gasteiger partial charge in [-0.15, -0.1) is 0 Å². The quantitative estimate of drug-likeness (QED) is 0.817. The summed E-state index contributed by atoms with van der Waals surface area (Å²) in [6.07, 6.45) is 1.75. The molecule has 0 fully saturated rings. The molecule has 0 radical (unpaired) electrons. The first-order valence-electron chi connectivity index (χ1n) is 6.25. The van der Waals surface area contributed by atoms with Crippen LogP contribution in [0.25, 0.3) is 0 Å². The van der Waals surface area contributed by atoms with Gasteiger partial charge in [-0.3, -0.25) is 4.68 Å². The molecule has 98 valence electrons. The minimum Gasteiger partial charge on any atom is -0.387 e. The van der Waals surface area contributed by atoms with Crippen molar-refractivity contribution in [2.45, 2.75) is 39.8 Å². The molecule has 1 heterocycles. The van der Waals surface area contributed by atoms with Crippen molar-refractivity contribution >= 4 is 11.6 Å².